The maximum Gasteiger partial charge on any atom is 0.413 e. The number of amides is 1. The summed E-state index contributed by atoms with van der Waals surface area (Å²) in [6, 6.07) is 8.73. The van der Waals surface area contributed by atoms with Crippen molar-refractivity contribution in [3.05, 3.63) is 30.3 Å². The van der Waals surface area contributed by atoms with Gasteiger partial charge in [-0.25, -0.2) is 4.79 Å². The lowest BCUT2D eigenvalue weighted by Crippen LogP contribution is -2.36. The third-order valence-electron chi connectivity index (χ3n) is 2.20. The summed E-state index contributed by atoms with van der Waals surface area (Å²) in [6.45, 7) is 3.31. The van der Waals surface area contributed by atoms with Gasteiger partial charge in [0.25, 0.3) is 0 Å². The number of carbonyl (C=O) groups is 1. The lowest BCUT2D eigenvalue weighted by Gasteiger charge is -2.24. The predicted molar refractivity (Wildman–Crippen MR) is 65.8 cm³/mol. The minimum Gasteiger partial charge on any atom is -0.465 e. The van der Waals surface area contributed by atoms with Crippen LogP contribution in [0.1, 0.15) is 13.8 Å². The number of ether oxygens (including phenoxy) is 1. The maximum absolute atomic E-state index is 11.1. The quantitative estimate of drug-likeness (QED) is 0.642. The summed E-state index contributed by atoms with van der Waals surface area (Å²) in [5, 5.41) is 9.09. The van der Waals surface area contributed by atoms with Gasteiger partial charge in [-0.05, 0) is 26.0 Å². The molecule has 0 saturated carbocycles. The highest BCUT2D eigenvalue weighted by Gasteiger charge is 2.20. The average Bonchev–Trinajstić information content (AvgIpc) is 2.30. The van der Waals surface area contributed by atoms with Gasteiger partial charge in [-0.15, -0.1) is 6.42 Å². The lowest BCUT2D eigenvalue weighted by atomic mass is 10.1. The van der Waals surface area contributed by atoms with Crippen molar-refractivity contribution in [1.29, 1.82) is 0 Å². The zero-order valence-corrected chi connectivity index (χ0v) is 9.88. The van der Waals surface area contributed by atoms with Gasteiger partial charge in [-0.2, -0.15) is 0 Å². The summed E-state index contributed by atoms with van der Waals surface area (Å²) >= 11 is 0. The zero-order valence-electron chi connectivity index (χ0n) is 9.88. The third-order valence-corrected chi connectivity index (χ3v) is 2.20. The molecule has 1 rings (SSSR count). The van der Waals surface area contributed by atoms with E-state index in [-0.39, 0.29) is 6.73 Å². The van der Waals surface area contributed by atoms with Gasteiger partial charge in [0.1, 0.15) is 12.3 Å². The molecular formula is C13H15NO3. The van der Waals surface area contributed by atoms with E-state index in [1.54, 1.807) is 38.1 Å². The topological polar surface area (TPSA) is 49.8 Å². The Morgan fingerprint density at radius 2 is 2.06 bits per heavy atom. The largest absolute Gasteiger partial charge is 0.465 e. The van der Waals surface area contributed by atoms with Crippen molar-refractivity contribution in [1.82, 2.24) is 0 Å². The van der Waals surface area contributed by atoms with E-state index in [4.69, 9.17) is 16.3 Å². The average molecular weight is 233 g/mol. The first-order valence-electron chi connectivity index (χ1n) is 5.13. The van der Waals surface area contributed by atoms with Gasteiger partial charge in [0.2, 0.25) is 0 Å². The highest BCUT2D eigenvalue weighted by Crippen LogP contribution is 2.15. The fraction of sp³-hybridized carbons (Fsp3) is 0.308. The number of terminal acetylenes is 1. The molecule has 4 nitrogen and oxygen atoms in total. The van der Waals surface area contributed by atoms with Crippen molar-refractivity contribution in [2.75, 3.05) is 11.6 Å². The molecule has 0 aliphatic heterocycles. The minimum absolute atomic E-state index is 0.101. The number of rotatable bonds is 4. The van der Waals surface area contributed by atoms with Crippen LogP contribution in [0.5, 0.6) is 0 Å². The normalized spacial score (nSPS) is 10.6. The molecule has 4 heteroatoms. The van der Waals surface area contributed by atoms with Crippen molar-refractivity contribution < 1.29 is 14.6 Å². The Bertz CT molecular complexity index is 420. The monoisotopic (exact) mass is 233 g/mol. The van der Waals surface area contributed by atoms with Crippen LogP contribution >= 0.6 is 0 Å². The number of hydrogen-bond donors (Lipinski definition) is 1. The number of nitrogens with zero attached hydrogens (tertiary/aromatic N) is 1. The van der Waals surface area contributed by atoms with Crippen molar-refractivity contribution in [2.24, 2.45) is 0 Å². The molecule has 0 fully saturated rings. The van der Waals surface area contributed by atoms with E-state index < -0.39 is 11.7 Å². The van der Waals surface area contributed by atoms with Crippen molar-refractivity contribution in [3.63, 3.8) is 0 Å². The smallest absolute Gasteiger partial charge is 0.413 e. The van der Waals surface area contributed by atoms with Crippen LogP contribution in [0.4, 0.5) is 10.5 Å². The van der Waals surface area contributed by atoms with Crippen molar-refractivity contribution in [3.8, 4) is 12.3 Å². The number of hydrogen-bond acceptors (Lipinski definition) is 2. The second-order valence-electron chi connectivity index (χ2n) is 3.97. The predicted octanol–water partition coefficient (Wildman–Crippen LogP) is 2.56. The Hall–Kier alpha value is -1.99. The van der Waals surface area contributed by atoms with E-state index in [9.17, 15) is 4.79 Å². The van der Waals surface area contributed by atoms with E-state index >= 15 is 0 Å². The molecule has 0 aromatic heterocycles. The van der Waals surface area contributed by atoms with E-state index in [0.29, 0.717) is 5.69 Å². The van der Waals surface area contributed by atoms with Gasteiger partial charge in [0.15, 0.2) is 0 Å². The van der Waals surface area contributed by atoms with Crippen LogP contribution < -0.4 is 4.90 Å². The third kappa shape index (κ3) is 3.82. The highest BCUT2D eigenvalue weighted by atomic mass is 16.5. The van der Waals surface area contributed by atoms with Crippen LogP contribution in [0, 0.1) is 12.3 Å². The maximum atomic E-state index is 11.1. The Labute approximate surface area is 101 Å². The molecule has 0 atom stereocenters. The molecule has 0 saturated heterocycles. The Morgan fingerprint density at radius 1 is 1.47 bits per heavy atom. The minimum atomic E-state index is -1.08. The number of carboxylic acid groups (broad SMARTS) is 1. The second-order valence-corrected chi connectivity index (χ2v) is 3.97. The first-order valence-corrected chi connectivity index (χ1v) is 5.13. The molecule has 1 amide bonds. The van der Waals surface area contributed by atoms with E-state index in [2.05, 4.69) is 5.92 Å². The molecule has 0 radical (unpaired) electrons. The van der Waals surface area contributed by atoms with Gasteiger partial charge in [-0.1, -0.05) is 24.1 Å². The van der Waals surface area contributed by atoms with E-state index in [1.165, 1.54) is 0 Å². The molecule has 0 heterocycles. The summed E-state index contributed by atoms with van der Waals surface area (Å²) in [7, 11) is 0. The molecule has 17 heavy (non-hydrogen) atoms. The fourth-order valence-corrected chi connectivity index (χ4v) is 1.12. The van der Waals surface area contributed by atoms with Crippen LogP contribution in [0.2, 0.25) is 0 Å². The molecule has 1 aromatic carbocycles. The summed E-state index contributed by atoms with van der Waals surface area (Å²) in [5.41, 5.74) is -0.240. The first kappa shape index (κ1) is 13.1. The number of para-hydroxylation sites is 1. The lowest BCUT2D eigenvalue weighted by molar-refractivity contribution is 0.0283. The van der Waals surface area contributed by atoms with Gasteiger partial charge in [0, 0.05) is 5.69 Å². The Kier molecular flexibility index (Phi) is 4.13. The van der Waals surface area contributed by atoms with E-state index in [0.717, 1.165) is 4.90 Å². The summed E-state index contributed by atoms with van der Waals surface area (Å²) in [4.78, 5) is 12.2. The van der Waals surface area contributed by atoms with Gasteiger partial charge in [-0.3, -0.25) is 4.90 Å². The molecule has 90 valence electrons. The van der Waals surface area contributed by atoms with Gasteiger partial charge in [0.05, 0.1) is 0 Å². The number of anilines is 1. The summed E-state index contributed by atoms with van der Waals surface area (Å²) in [5.74, 6) is 2.45. The van der Waals surface area contributed by atoms with Crippen LogP contribution in [0.15, 0.2) is 30.3 Å². The number of benzene rings is 1. The summed E-state index contributed by atoms with van der Waals surface area (Å²) < 4.78 is 5.37. The van der Waals surface area contributed by atoms with Crippen LogP contribution in [0.25, 0.3) is 0 Å². The Balaban J connectivity index is 2.77. The van der Waals surface area contributed by atoms with Crippen LogP contribution in [0.3, 0.4) is 0 Å². The molecule has 0 unspecified atom stereocenters. The molecule has 1 N–H and O–H groups in total. The molecule has 0 aliphatic rings. The molecule has 0 aliphatic carbocycles. The van der Waals surface area contributed by atoms with Crippen LogP contribution in [-0.2, 0) is 4.74 Å². The molecular weight excluding hydrogens is 218 g/mol. The van der Waals surface area contributed by atoms with Crippen molar-refractivity contribution >= 4 is 11.8 Å². The SMILES string of the molecule is C#CC(C)(C)OCN(C(=O)O)c1ccccc1. The first-order chi connectivity index (χ1) is 7.96. The molecule has 0 spiro atoms. The summed E-state index contributed by atoms with van der Waals surface area (Å²) in [6.07, 6.45) is 4.19. The second kappa shape index (κ2) is 5.37. The molecule has 0 bridgehead atoms. The standard InChI is InChI=1S/C13H15NO3/c1-4-13(2,3)17-10-14(12(15)16)11-8-6-5-7-9-11/h1,5-9H,10H2,2-3H3,(H,15,16). The van der Waals surface area contributed by atoms with E-state index in [1.807, 2.05) is 6.07 Å². The van der Waals surface area contributed by atoms with Crippen molar-refractivity contribution in [2.45, 2.75) is 19.4 Å². The highest BCUT2D eigenvalue weighted by molar-refractivity contribution is 5.85. The fourth-order valence-electron chi connectivity index (χ4n) is 1.12. The van der Waals surface area contributed by atoms with Crippen LogP contribution in [-0.4, -0.2) is 23.5 Å². The zero-order chi connectivity index (χ0) is 12.9. The van der Waals surface area contributed by atoms with Gasteiger partial charge < -0.3 is 9.84 Å². The van der Waals surface area contributed by atoms with Gasteiger partial charge >= 0.3 is 6.09 Å². The Morgan fingerprint density at radius 3 is 2.53 bits per heavy atom. The molecule has 1 aromatic rings.